The summed E-state index contributed by atoms with van der Waals surface area (Å²) < 4.78 is 26.5. The van der Waals surface area contributed by atoms with Gasteiger partial charge in [0.2, 0.25) is 0 Å². The Morgan fingerprint density at radius 1 is 1.12 bits per heavy atom. The van der Waals surface area contributed by atoms with E-state index in [2.05, 4.69) is 0 Å². The Labute approximate surface area is 98.3 Å². The largest absolute Gasteiger partial charge is 0.500 e. The molecule has 0 aromatic rings. The summed E-state index contributed by atoms with van der Waals surface area (Å²) in [6.45, 7) is 2.39. The van der Waals surface area contributed by atoms with E-state index in [-0.39, 0.29) is 0 Å². The summed E-state index contributed by atoms with van der Waals surface area (Å²) in [4.78, 5) is 0. The lowest BCUT2D eigenvalue weighted by Gasteiger charge is -2.24. The molecular formula is C10H22O5Si. The van der Waals surface area contributed by atoms with E-state index in [1.807, 2.05) is 0 Å². The molecule has 0 bridgehead atoms. The summed E-state index contributed by atoms with van der Waals surface area (Å²) in [5.41, 5.74) is 0. The normalized spacial score (nSPS) is 20.1. The Balaban J connectivity index is 1.98. The van der Waals surface area contributed by atoms with Crippen LogP contribution in [0.15, 0.2) is 0 Å². The average molecular weight is 250 g/mol. The van der Waals surface area contributed by atoms with E-state index in [1.165, 1.54) is 0 Å². The number of ether oxygens (including phenoxy) is 2. The van der Waals surface area contributed by atoms with E-state index in [9.17, 15) is 0 Å². The van der Waals surface area contributed by atoms with Crippen molar-refractivity contribution < 1.29 is 22.8 Å². The highest BCUT2D eigenvalue weighted by molar-refractivity contribution is 6.60. The minimum absolute atomic E-state index is 0.449. The first-order chi connectivity index (χ1) is 7.76. The second-order valence-corrected chi connectivity index (χ2v) is 6.85. The van der Waals surface area contributed by atoms with Gasteiger partial charge in [0.15, 0.2) is 0 Å². The maximum absolute atomic E-state index is 5.49. The lowest BCUT2D eigenvalue weighted by atomic mass is 10.3. The van der Waals surface area contributed by atoms with Crippen LogP contribution in [0.25, 0.3) is 0 Å². The molecule has 1 aliphatic heterocycles. The molecule has 0 radical (unpaired) electrons. The molecule has 1 rings (SSSR count). The molecule has 0 spiro atoms. The van der Waals surface area contributed by atoms with Crippen LogP contribution in [0.1, 0.15) is 12.8 Å². The first-order valence-electron chi connectivity index (χ1n) is 5.61. The van der Waals surface area contributed by atoms with E-state index in [4.69, 9.17) is 22.8 Å². The molecule has 0 saturated carbocycles. The highest BCUT2D eigenvalue weighted by Gasteiger charge is 2.36. The lowest BCUT2D eigenvalue weighted by molar-refractivity contribution is 0.104. The molecular weight excluding hydrogens is 228 g/mol. The summed E-state index contributed by atoms with van der Waals surface area (Å²) in [5, 5.41) is 0. The maximum Gasteiger partial charge on any atom is 0.500 e. The standard InChI is InChI=1S/C10H22O5Si/c1-11-16(12-2,13-3)8-4-6-14-7-5-10-9-15-10/h10H,4-9H2,1-3H3. The van der Waals surface area contributed by atoms with Gasteiger partial charge in [0.25, 0.3) is 0 Å². The molecule has 0 aromatic carbocycles. The summed E-state index contributed by atoms with van der Waals surface area (Å²) in [6, 6.07) is 0.788. The summed E-state index contributed by atoms with van der Waals surface area (Å²) in [5.74, 6) is 0. The van der Waals surface area contributed by atoms with Gasteiger partial charge >= 0.3 is 8.80 Å². The van der Waals surface area contributed by atoms with Crippen LogP contribution in [-0.4, -0.2) is 56.1 Å². The highest BCUT2D eigenvalue weighted by Crippen LogP contribution is 2.16. The van der Waals surface area contributed by atoms with Crippen LogP contribution < -0.4 is 0 Å². The van der Waals surface area contributed by atoms with Crippen molar-refractivity contribution in [1.29, 1.82) is 0 Å². The Kier molecular flexibility index (Phi) is 6.48. The van der Waals surface area contributed by atoms with Crippen LogP contribution in [0.2, 0.25) is 6.04 Å². The van der Waals surface area contributed by atoms with Crippen LogP contribution in [0.5, 0.6) is 0 Å². The third kappa shape index (κ3) is 4.90. The van der Waals surface area contributed by atoms with Crippen molar-refractivity contribution in [3.63, 3.8) is 0 Å². The van der Waals surface area contributed by atoms with Gasteiger partial charge < -0.3 is 22.8 Å². The quantitative estimate of drug-likeness (QED) is 0.330. The first-order valence-corrected chi connectivity index (χ1v) is 7.54. The second-order valence-electron chi connectivity index (χ2n) is 3.76. The van der Waals surface area contributed by atoms with E-state index in [0.717, 1.165) is 38.7 Å². The van der Waals surface area contributed by atoms with Crippen LogP contribution in [0, 0.1) is 0 Å². The number of hydrogen-bond donors (Lipinski definition) is 0. The fourth-order valence-corrected chi connectivity index (χ4v) is 3.19. The molecule has 1 fully saturated rings. The number of epoxide rings is 1. The highest BCUT2D eigenvalue weighted by atomic mass is 28.4. The molecule has 0 aliphatic carbocycles. The molecule has 1 aliphatic rings. The van der Waals surface area contributed by atoms with E-state index >= 15 is 0 Å². The van der Waals surface area contributed by atoms with Gasteiger partial charge in [0.1, 0.15) is 0 Å². The summed E-state index contributed by atoms with van der Waals surface area (Å²) in [6.07, 6.45) is 2.35. The van der Waals surface area contributed by atoms with Crippen LogP contribution in [-0.2, 0) is 22.8 Å². The fraction of sp³-hybridized carbons (Fsp3) is 1.00. The molecule has 5 nitrogen and oxygen atoms in total. The molecule has 1 unspecified atom stereocenters. The van der Waals surface area contributed by atoms with Gasteiger partial charge in [-0.2, -0.15) is 0 Å². The van der Waals surface area contributed by atoms with E-state index in [0.29, 0.717) is 6.10 Å². The van der Waals surface area contributed by atoms with Crippen molar-refractivity contribution in [2.24, 2.45) is 0 Å². The van der Waals surface area contributed by atoms with Gasteiger partial charge in [-0.3, -0.25) is 0 Å². The van der Waals surface area contributed by atoms with Crippen LogP contribution in [0.3, 0.4) is 0 Å². The van der Waals surface area contributed by atoms with Crippen molar-refractivity contribution in [1.82, 2.24) is 0 Å². The second kappa shape index (κ2) is 7.36. The van der Waals surface area contributed by atoms with Crippen molar-refractivity contribution in [2.45, 2.75) is 25.0 Å². The Morgan fingerprint density at radius 3 is 2.25 bits per heavy atom. The zero-order valence-corrected chi connectivity index (χ0v) is 11.4. The molecule has 96 valence electrons. The number of hydrogen-bond acceptors (Lipinski definition) is 5. The van der Waals surface area contributed by atoms with Crippen LogP contribution in [0.4, 0.5) is 0 Å². The Hall–Kier alpha value is 0.0169. The third-order valence-corrected chi connectivity index (χ3v) is 5.52. The van der Waals surface area contributed by atoms with Crippen LogP contribution >= 0.6 is 0 Å². The van der Waals surface area contributed by atoms with Crippen molar-refractivity contribution in [3.05, 3.63) is 0 Å². The first kappa shape index (κ1) is 14.1. The zero-order valence-electron chi connectivity index (χ0n) is 10.4. The maximum atomic E-state index is 5.49. The minimum atomic E-state index is -2.39. The Morgan fingerprint density at radius 2 is 1.75 bits per heavy atom. The third-order valence-electron chi connectivity index (χ3n) is 2.69. The lowest BCUT2D eigenvalue weighted by Crippen LogP contribution is -2.42. The predicted octanol–water partition coefficient (Wildman–Crippen LogP) is 1.06. The smallest absolute Gasteiger partial charge is 0.381 e. The van der Waals surface area contributed by atoms with Gasteiger partial charge in [0.05, 0.1) is 12.7 Å². The Bertz CT molecular complexity index is 174. The van der Waals surface area contributed by atoms with Gasteiger partial charge in [-0.25, -0.2) is 0 Å². The molecule has 1 saturated heterocycles. The minimum Gasteiger partial charge on any atom is -0.381 e. The molecule has 6 heteroatoms. The van der Waals surface area contributed by atoms with Crippen molar-refractivity contribution >= 4 is 8.80 Å². The van der Waals surface area contributed by atoms with E-state index < -0.39 is 8.80 Å². The van der Waals surface area contributed by atoms with Gasteiger partial charge in [0, 0.05) is 40.6 Å². The molecule has 1 atom stereocenters. The van der Waals surface area contributed by atoms with Gasteiger partial charge in [-0.05, 0) is 12.8 Å². The van der Waals surface area contributed by atoms with Gasteiger partial charge in [-0.1, -0.05) is 0 Å². The molecule has 0 aromatic heterocycles. The zero-order chi connectivity index (χ0) is 11.9. The monoisotopic (exact) mass is 250 g/mol. The molecule has 0 amide bonds. The van der Waals surface area contributed by atoms with Crippen molar-refractivity contribution in [3.8, 4) is 0 Å². The molecule has 1 heterocycles. The van der Waals surface area contributed by atoms with Crippen molar-refractivity contribution in [2.75, 3.05) is 41.2 Å². The molecule has 16 heavy (non-hydrogen) atoms. The SMILES string of the molecule is CO[Si](CCCOCCC1CO1)(OC)OC. The van der Waals surface area contributed by atoms with Gasteiger partial charge in [-0.15, -0.1) is 0 Å². The summed E-state index contributed by atoms with van der Waals surface area (Å²) >= 11 is 0. The topological polar surface area (TPSA) is 49.5 Å². The predicted molar refractivity (Wildman–Crippen MR) is 61.4 cm³/mol. The number of rotatable bonds is 10. The fourth-order valence-electron chi connectivity index (χ4n) is 1.50. The molecule has 0 N–H and O–H groups in total. The average Bonchev–Trinajstić information content (AvgIpc) is 3.13. The van der Waals surface area contributed by atoms with E-state index in [1.54, 1.807) is 21.3 Å². The summed E-state index contributed by atoms with van der Waals surface area (Å²) in [7, 11) is 2.50.